The molecule has 0 heterocycles. The van der Waals surface area contributed by atoms with Crippen molar-refractivity contribution in [2.45, 2.75) is 30.4 Å². The van der Waals surface area contributed by atoms with Crippen LogP contribution in [0.5, 0.6) is 0 Å². The number of carbonyl (C=O) groups excluding carboxylic acids is 1. The van der Waals surface area contributed by atoms with Crippen LogP contribution in [0, 0.1) is 0 Å². The maximum Gasteiger partial charge on any atom is 0.228 e. The van der Waals surface area contributed by atoms with Crippen LogP contribution in [0.1, 0.15) is 19.4 Å². The van der Waals surface area contributed by atoms with Crippen molar-refractivity contribution in [1.29, 1.82) is 0 Å². The van der Waals surface area contributed by atoms with Crippen molar-refractivity contribution < 1.29 is 4.79 Å². The zero-order valence-electron chi connectivity index (χ0n) is 12.1. The van der Waals surface area contributed by atoms with E-state index in [2.05, 4.69) is 47.2 Å². The van der Waals surface area contributed by atoms with Gasteiger partial charge in [-0.1, -0.05) is 48.0 Å². The number of hydrogen-bond acceptors (Lipinski definition) is 2. The molecule has 0 aliphatic heterocycles. The van der Waals surface area contributed by atoms with Gasteiger partial charge in [-0.05, 0) is 35.9 Å². The topological polar surface area (TPSA) is 29.1 Å². The molecule has 0 aromatic heterocycles. The lowest BCUT2D eigenvalue weighted by atomic mass is 10.1. The average Bonchev–Trinajstić information content (AvgIpc) is 2.40. The SMILES string of the molecule is CC(C)Sc1ccc(CC(=O)Nc2cccc(Br)c2)cc1. The van der Waals surface area contributed by atoms with Gasteiger partial charge in [-0.2, -0.15) is 0 Å². The fourth-order valence-electron chi connectivity index (χ4n) is 1.91. The number of hydrogen-bond donors (Lipinski definition) is 1. The molecule has 0 aliphatic carbocycles. The lowest BCUT2D eigenvalue weighted by Crippen LogP contribution is -2.14. The summed E-state index contributed by atoms with van der Waals surface area (Å²) in [6.07, 6.45) is 0.388. The average molecular weight is 364 g/mol. The Morgan fingerprint density at radius 1 is 1.19 bits per heavy atom. The Morgan fingerprint density at radius 3 is 2.52 bits per heavy atom. The van der Waals surface area contributed by atoms with Crippen LogP contribution in [0.2, 0.25) is 0 Å². The Hall–Kier alpha value is -1.26. The number of amides is 1. The van der Waals surface area contributed by atoms with Crippen molar-refractivity contribution in [1.82, 2.24) is 0 Å². The van der Waals surface area contributed by atoms with E-state index in [0.717, 1.165) is 15.7 Å². The Morgan fingerprint density at radius 2 is 1.90 bits per heavy atom. The van der Waals surface area contributed by atoms with Crippen LogP contribution in [0.4, 0.5) is 5.69 Å². The third-order valence-electron chi connectivity index (χ3n) is 2.77. The summed E-state index contributed by atoms with van der Waals surface area (Å²) in [7, 11) is 0. The maximum absolute atomic E-state index is 12.0. The van der Waals surface area contributed by atoms with Crippen molar-refractivity contribution in [2.75, 3.05) is 5.32 Å². The Bertz CT molecular complexity index is 610. The number of thioether (sulfide) groups is 1. The third-order valence-corrected chi connectivity index (χ3v) is 4.28. The number of benzene rings is 2. The minimum absolute atomic E-state index is 0.00244. The summed E-state index contributed by atoms with van der Waals surface area (Å²) in [6.45, 7) is 4.34. The molecule has 0 atom stereocenters. The predicted molar refractivity (Wildman–Crippen MR) is 93.9 cm³/mol. The van der Waals surface area contributed by atoms with Crippen molar-refractivity contribution in [3.8, 4) is 0 Å². The van der Waals surface area contributed by atoms with Gasteiger partial charge >= 0.3 is 0 Å². The van der Waals surface area contributed by atoms with Gasteiger partial charge < -0.3 is 5.32 Å². The first-order valence-corrected chi connectivity index (χ1v) is 8.51. The van der Waals surface area contributed by atoms with Crippen molar-refractivity contribution in [3.63, 3.8) is 0 Å². The normalized spacial score (nSPS) is 10.7. The molecule has 21 heavy (non-hydrogen) atoms. The van der Waals surface area contributed by atoms with Crippen LogP contribution in [0.25, 0.3) is 0 Å². The second kappa shape index (κ2) is 7.66. The van der Waals surface area contributed by atoms with Crippen LogP contribution >= 0.6 is 27.7 Å². The van der Waals surface area contributed by atoms with Gasteiger partial charge in [0.15, 0.2) is 0 Å². The highest BCUT2D eigenvalue weighted by atomic mass is 79.9. The summed E-state index contributed by atoms with van der Waals surface area (Å²) in [5, 5.41) is 3.47. The van der Waals surface area contributed by atoms with Crippen LogP contribution < -0.4 is 5.32 Å². The molecule has 1 amide bonds. The number of anilines is 1. The molecule has 0 aliphatic rings. The van der Waals surface area contributed by atoms with Crippen molar-refractivity contribution >= 4 is 39.3 Å². The fourth-order valence-corrected chi connectivity index (χ4v) is 3.15. The third kappa shape index (κ3) is 5.56. The maximum atomic E-state index is 12.0. The first kappa shape index (κ1) is 16.1. The number of halogens is 1. The van der Waals surface area contributed by atoms with E-state index >= 15 is 0 Å². The largest absolute Gasteiger partial charge is 0.326 e. The van der Waals surface area contributed by atoms with Crippen LogP contribution in [-0.2, 0) is 11.2 Å². The fraction of sp³-hybridized carbons (Fsp3) is 0.235. The highest BCUT2D eigenvalue weighted by Crippen LogP contribution is 2.23. The van der Waals surface area contributed by atoms with Gasteiger partial charge in [0.05, 0.1) is 6.42 Å². The van der Waals surface area contributed by atoms with Crippen molar-refractivity contribution in [3.05, 3.63) is 58.6 Å². The first-order valence-electron chi connectivity index (χ1n) is 6.84. The molecule has 0 radical (unpaired) electrons. The Kier molecular flexibility index (Phi) is 5.88. The van der Waals surface area contributed by atoms with Crippen LogP contribution in [0.3, 0.4) is 0 Å². The molecule has 0 saturated carbocycles. The minimum Gasteiger partial charge on any atom is -0.326 e. The van der Waals surface area contributed by atoms with Gasteiger partial charge in [0.1, 0.15) is 0 Å². The monoisotopic (exact) mass is 363 g/mol. The summed E-state index contributed by atoms with van der Waals surface area (Å²) in [5.74, 6) is -0.00244. The van der Waals surface area contributed by atoms with E-state index < -0.39 is 0 Å². The van der Waals surface area contributed by atoms with Crippen LogP contribution in [-0.4, -0.2) is 11.2 Å². The summed E-state index contributed by atoms with van der Waals surface area (Å²) in [4.78, 5) is 13.3. The van der Waals surface area contributed by atoms with Gasteiger partial charge in [-0.15, -0.1) is 11.8 Å². The number of nitrogens with one attached hydrogen (secondary N) is 1. The summed E-state index contributed by atoms with van der Waals surface area (Å²) >= 11 is 5.22. The van der Waals surface area contributed by atoms with Gasteiger partial charge in [0.25, 0.3) is 0 Å². The second-order valence-corrected chi connectivity index (χ2v) is 7.61. The smallest absolute Gasteiger partial charge is 0.228 e. The molecule has 2 nitrogen and oxygen atoms in total. The molecule has 4 heteroatoms. The lowest BCUT2D eigenvalue weighted by Gasteiger charge is -2.07. The zero-order valence-corrected chi connectivity index (χ0v) is 14.5. The first-order chi connectivity index (χ1) is 10.0. The van der Waals surface area contributed by atoms with Gasteiger partial charge in [-0.3, -0.25) is 4.79 Å². The van der Waals surface area contributed by atoms with E-state index in [-0.39, 0.29) is 5.91 Å². The summed E-state index contributed by atoms with van der Waals surface area (Å²) < 4.78 is 0.954. The van der Waals surface area contributed by atoms with Crippen molar-refractivity contribution in [2.24, 2.45) is 0 Å². The highest BCUT2D eigenvalue weighted by molar-refractivity contribution is 9.10. The Labute approximate surface area is 138 Å². The predicted octanol–water partition coefficient (Wildman–Crippen LogP) is 5.13. The molecule has 0 bridgehead atoms. The highest BCUT2D eigenvalue weighted by Gasteiger charge is 2.05. The molecule has 1 N–H and O–H groups in total. The minimum atomic E-state index is -0.00244. The molecule has 0 fully saturated rings. The Balaban J connectivity index is 1.93. The zero-order chi connectivity index (χ0) is 15.2. The molecule has 110 valence electrons. The van der Waals surface area contributed by atoms with Gasteiger partial charge in [-0.25, -0.2) is 0 Å². The molecule has 0 spiro atoms. The molecule has 2 aromatic carbocycles. The van der Waals surface area contributed by atoms with E-state index in [4.69, 9.17) is 0 Å². The van der Waals surface area contributed by atoms with Crippen LogP contribution in [0.15, 0.2) is 57.9 Å². The van der Waals surface area contributed by atoms with Gasteiger partial charge in [0.2, 0.25) is 5.91 Å². The summed E-state index contributed by atoms with van der Waals surface area (Å²) in [5.41, 5.74) is 1.83. The van der Waals surface area contributed by atoms with E-state index in [1.54, 1.807) is 0 Å². The second-order valence-electron chi connectivity index (χ2n) is 5.05. The quantitative estimate of drug-likeness (QED) is 0.745. The van der Waals surface area contributed by atoms with E-state index in [1.807, 2.05) is 48.2 Å². The van der Waals surface area contributed by atoms with E-state index in [0.29, 0.717) is 11.7 Å². The standard InChI is InChI=1S/C17H18BrNOS/c1-12(2)21-16-8-6-13(7-9-16)10-17(20)19-15-5-3-4-14(18)11-15/h3-9,11-12H,10H2,1-2H3,(H,19,20). The molecule has 2 aromatic rings. The lowest BCUT2D eigenvalue weighted by molar-refractivity contribution is -0.115. The summed E-state index contributed by atoms with van der Waals surface area (Å²) in [6, 6.07) is 15.8. The molecule has 0 saturated heterocycles. The number of rotatable bonds is 5. The van der Waals surface area contributed by atoms with Gasteiger partial charge in [0, 0.05) is 20.3 Å². The molecular formula is C17H18BrNOS. The molecule has 2 rings (SSSR count). The molecule has 0 unspecified atom stereocenters. The number of carbonyl (C=O) groups is 1. The molecular weight excluding hydrogens is 346 g/mol. The van der Waals surface area contributed by atoms with E-state index in [9.17, 15) is 4.79 Å². The van der Waals surface area contributed by atoms with E-state index in [1.165, 1.54) is 4.90 Å².